The van der Waals surface area contributed by atoms with Crippen LogP contribution >= 0.6 is 39.8 Å². The van der Waals surface area contributed by atoms with Crippen LogP contribution in [-0.2, 0) is 11.1 Å². The van der Waals surface area contributed by atoms with Crippen molar-refractivity contribution >= 4 is 39.8 Å². The molecule has 9 heavy (non-hydrogen) atoms. The summed E-state index contributed by atoms with van der Waals surface area (Å²) in [5.41, 5.74) is 0. The summed E-state index contributed by atoms with van der Waals surface area (Å²) >= 11 is 3.82. The largest absolute Gasteiger partial charge is 0.345 e. The Hall–Kier alpha value is 0.750. The molecule has 1 rings (SSSR count). The van der Waals surface area contributed by atoms with Crippen LogP contribution in [0.1, 0.15) is 5.01 Å². The van der Waals surface area contributed by atoms with E-state index in [1.807, 2.05) is 5.38 Å². The fourth-order valence-corrected chi connectivity index (χ4v) is 1.70. The summed E-state index contributed by atoms with van der Waals surface area (Å²) in [6.45, 7) is 1.20. The minimum atomic E-state index is 0.532. The molecule has 1 unspecified atom stereocenters. The zero-order valence-electron chi connectivity index (χ0n) is 4.50. The van der Waals surface area contributed by atoms with Crippen molar-refractivity contribution in [2.24, 2.45) is 0 Å². The molecule has 0 spiro atoms. The fourth-order valence-electron chi connectivity index (χ4n) is 0.413. The van der Waals surface area contributed by atoms with E-state index in [1.165, 1.54) is 0 Å². The highest BCUT2D eigenvalue weighted by molar-refractivity contribution is 14.2. The van der Waals surface area contributed by atoms with Crippen LogP contribution in [0.4, 0.5) is 0 Å². The molecule has 0 aliphatic carbocycles. The van der Waals surface area contributed by atoms with Gasteiger partial charge in [0.05, 0.1) is 6.45 Å². The topological polar surface area (TPSA) is 22.1 Å². The van der Waals surface area contributed by atoms with E-state index in [2.05, 4.69) is 27.0 Å². The third-order valence-electron chi connectivity index (χ3n) is 0.734. The Bertz CT molecular complexity index is 158. The third-order valence-corrected chi connectivity index (χ3v) is 2.67. The van der Waals surface area contributed by atoms with Crippen molar-refractivity contribution in [3.8, 4) is 0 Å². The lowest BCUT2D eigenvalue weighted by molar-refractivity contribution is 0.359. The summed E-state index contributed by atoms with van der Waals surface area (Å²) in [5.74, 6) is 0. The summed E-state index contributed by atoms with van der Waals surface area (Å²) < 4.78 is 5.14. The van der Waals surface area contributed by atoms with Crippen LogP contribution in [0.2, 0.25) is 0 Å². The number of hydrogen-bond donors (Lipinski definition) is 0. The molecule has 5 heteroatoms. The molecule has 2 nitrogen and oxygen atoms in total. The summed E-state index contributed by atoms with van der Waals surface area (Å²) in [6.07, 6.45) is 1.79. The minimum Gasteiger partial charge on any atom is -0.345 e. The Morgan fingerprint density at radius 2 is 2.78 bits per heavy atom. The predicted molar refractivity (Wildman–Crippen MR) is 49.2 cm³/mol. The first-order valence-corrected chi connectivity index (χ1v) is 7.19. The van der Waals surface area contributed by atoms with Gasteiger partial charge in [0.1, 0.15) is 11.6 Å². The van der Waals surface area contributed by atoms with E-state index in [9.17, 15) is 0 Å². The molecular weight excluding hydrogens is 268 g/mol. The number of hydrogen-bond acceptors (Lipinski definition) is 3. The number of thiazole rings is 1. The van der Waals surface area contributed by atoms with Gasteiger partial charge in [-0.2, -0.15) is 0 Å². The Morgan fingerprint density at radius 1 is 1.89 bits per heavy atom. The van der Waals surface area contributed by atoms with Gasteiger partial charge < -0.3 is 4.52 Å². The molecule has 0 N–H and O–H groups in total. The summed E-state index contributed by atoms with van der Waals surface area (Å²) in [7, 11) is 0. The molecule has 0 fully saturated rings. The smallest absolute Gasteiger partial charge is 0.119 e. The maximum Gasteiger partial charge on any atom is 0.119 e. The average molecular weight is 273 g/mol. The molecule has 0 amide bonds. The normalized spacial score (nSPS) is 11.2. The van der Waals surface area contributed by atoms with E-state index in [4.69, 9.17) is 4.52 Å². The van der Waals surface area contributed by atoms with Gasteiger partial charge in [-0.3, -0.25) is 0 Å². The second kappa shape index (κ2) is 4.55. The Labute approximate surface area is 72.4 Å². The lowest BCUT2D eigenvalue weighted by Gasteiger charge is -1.91. The zero-order chi connectivity index (χ0) is 6.53. The van der Waals surface area contributed by atoms with Gasteiger partial charge in [0, 0.05) is 11.6 Å². The van der Waals surface area contributed by atoms with Crippen LogP contribution in [0.3, 0.4) is 0 Å². The maximum atomic E-state index is 5.14. The van der Waals surface area contributed by atoms with Crippen molar-refractivity contribution in [1.29, 1.82) is 0 Å². The van der Waals surface area contributed by atoms with Crippen LogP contribution in [0.15, 0.2) is 11.6 Å². The first kappa shape index (κ1) is 7.85. The highest BCUT2D eigenvalue weighted by atomic mass is 127. The number of aromatic nitrogens is 1. The molecule has 1 aromatic rings. The standard InChI is InChI=1S/C4H5INOPS/c5-8-7-3-4-6-1-2-9-4/h1-2,8H,3H2. The molecule has 1 aromatic heterocycles. The number of rotatable bonds is 3. The second-order valence-corrected chi connectivity index (χ2v) is 4.03. The van der Waals surface area contributed by atoms with Crippen molar-refractivity contribution in [2.45, 2.75) is 6.61 Å². The monoisotopic (exact) mass is 273 g/mol. The van der Waals surface area contributed by atoms with Gasteiger partial charge in [0.25, 0.3) is 0 Å². The Balaban J connectivity index is 2.30. The summed E-state index contributed by atoms with van der Waals surface area (Å²) in [6, 6.07) is 0. The number of halogens is 1. The van der Waals surface area contributed by atoms with Crippen LogP contribution in [0.5, 0.6) is 0 Å². The van der Waals surface area contributed by atoms with Crippen molar-refractivity contribution in [3.63, 3.8) is 0 Å². The highest BCUT2D eigenvalue weighted by Crippen LogP contribution is 2.23. The molecule has 50 valence electrons. The van der Waals surface area contributed by atoms with Gasteiger partial charge in [-0.15, -0.1) is 11.3 Å². The quantitative estimate of drug-likeness (QED) is 0.623. The lowest BCUT2D eigenvalue weighted by Crippen LogP contribution is -1.79. The molecule has 0 saturated carbocycles. The van der Waals surface area contributed by atoms with Crippen LogP contribution in [0.25, 0.3) is 0 Å². The summed E-state index contributed by atoms with van der Waals surface area (Å²) in [5, 5.41) is 3.01. The van der Waals surface area contributed by atoms with Crippen LogP contribution in [-0.4, -0.2) is 4.98 Å². The van der Waals surface area contributed by atoms with Crippen molar-refractivity contribution in [1.82, 2.24) is 4.98 Å². The average Bonchev–Trinajstić information content (AvgIpc) is 2.34. The summed E-state index contributed by atoms with van der Waals surface area (Å²) in [4.78, 5) is 4.05. The van der Waals surface area contributed by atoms with Gasteiger partial charge in [0.2, 0.25) is 0 Å². The van der Waals surface area contributed by atoms with Gasteiger partial charge in [-0.25, -0.2) is 4.98 Å². The molecule has 0 aromatic carbocycles. The zero-order valence-corrected chi connectivity index (χ0v) is 8.48. The van der Waals surface area contributed by atoms with Crippen LogP contribution < -0.4 is 0 Å². The first-order chi connectivity index (χ1) is 4.43. The van der Waals surface area contributed by atoms with Gasteiger partial charge in [0.15, 0.2) is 0 Å². The van der Waals surface area contributed by atoms with E-state index < -0.39 is 0 Å². The number of nitrogens with zero attached hydrogens (tertiary/aromatic N) is 1. The van der Waals surface area contributed by atoms with E-state index in [1.54, 1.807) is 17.5 Å². The molecule has 0 bridgehead atoms. The molecule has 1 atom stereocenters. The first-order valence-electron chi connectivity index (χ1n) is 2.29. The SMILES string of the molecule is IPOCc1nccs1. The molecule has 0 aliphatic rings. The minimum absolute atomic E-state index is 0.532. The molecular formula is C4H5INOPS. The molecule has 0 saturated heterocycles. The van der Waals surface area contributed by atoms with E-state index in [0.717, 1.165) is 5.01 Å². The predicted octanol–water partition coefficient (Wildman–Crippen LogP) is 2.60. The third kappa shape index (κ3) is 2.89. The van der Waals surface area contributed by atoms with Crippen molar-refractivity contribution in [2.75, 3.05) is 0 Å². The van der Waals surface area contributed by atoms with Crippen molar-refractivity contribution in [3.05, 3.63) is 16.6 Å². The van der Waals surface area contributed by atoms with E-state index in [-0.39, 0.29) is 0 Å². The maximum absolute atomic E-state index is 5.14. The van der Waals surface area contributed by atoms with Gasteiger partial charge in [-0.1, -0.05) is 0 Å². The van der Waals surface area contributed by atoms with Crippen LogP contribution in [0, 0.1) is 0 Å². The highest BCUT2D eigenvalue weighted by Gasteiger charge is 1.91. The Kier molecular flexibility index (Phi) is 3.97. The molecule has 1 heterocycles. The Morgan fingerprint density at radius 3 is 3.33 bits per heavy atom. The molecule has 0 radical (unpaired) electrons. The van der Waals surface area contributed by atoms with E-state index >= 15 is 0 Å². The lowest BCUT2D eigenvalue weighted by atomic mass is 10.8. The van der Waals surface area contributed by atoms with Gasteiger partial charge >= 0.3 is 0 Å². The van der Waals surface area contributed by atoms with E-state index in [0.29, 0.717) is 13.1 Å². The van der Waals surface area contributed by atoms with Gasteiger partial charge in [-0.05, 0) is 22.0 Å². The fraction of sp³-hybridized carbons (Fsp3) is 0.250. The van der Waals surface area contributed by atoms with Crippen molar-refractivity contribution < 1.29 is 4.52 Å². The molecule has 0 aliphatic heterocycles. The second-order valence-electron chi connectivity index (χ2n) is 1.29.